The number of nitro groups is 1. The van der Waals surface area contributed by atoms with Gasteiger partial charge < -0.3 is 9.97 Å². The highest BCUT2D eigenvalue weighted by molar-refractivity contribution is 6.16. The lowest BCUT2D eigenvalue weighted by atomic mass is 9.93. The van der Waals surface area contributed by atoms with E-state index in [0.29, 0.717) is 30.8 Å². The van der Waals surface area contributed by atoms with Gasteiger partial charge in [0.2, 0.25) is 0 Å². The Bertz CT molecular complexity index is 1610. The molecule has 0 aliphatic carbocycles. The predicted octanol–water partition coefficient (Wildman–Crippen LogP) is 6.11. The van der Waals surface area contributed by atoms with Crippen LogP contribution < -0.4 is 0 Å². The summed E-state index contributed by atoms with van der Waals surface area (Å²) in [5.74, 6) is 0.0375. The molecule has 2 aromatic heterocycles. The Balaban J connectivity index is 1.38. The molecule has 1 fully saturated rings. The van der Waals surface area contributed by atoms with Gasteiger partial charge in [0.25, 0.3) is 5.69 Å². The van der Waals surface area contributed by atoms with Crippen molar-refractivity contribution in [1.82, 2.24) is 14.9 Å². The monoisotopic (exact) mass is 488 g/mol. The molecule has 0 radical (unpaired) electrons. The van der Waals surface area contributed by atoms with Gasteiger partial charge in [-0.3, -0.25) is 19.8 Å². The molecule has 182 valence electrons. The van der Waals surface area contributed by atoms with Crippen molar-refractivity contribution < 1.29 is 9.72 Å². The number of nitrogens with one attached hydrogen (secondary N) is 2. The molecule has 0 bridgehead atoms. The first-order chi connectivity index (χ1) is 18.0. The molecule has 2 N–H and O–H groups in total. The number of nitrogens with zero attached hydrogens (tertiary/aromatic N) is 2. The highest BCUT2D eigenvalue weighted by atomic mass is 16.6. The van der Waals surface area contributed by atoms with Gasteiger partial charge in [-0.1, -0.05) is 48.5 Å². The number of piperidine rings is 1. The molecule has 3 aromatic carbocycles. The van der Waals surface area contributed by atoms with Crippen molar-refractivity contribution in [3.05, 3.63) is 123 Å². The Kier molecular flexibility index (Phi) is 5.75. The zero-order valence-electron chi connectivity index (χ0n) is 20.0. The number of benzene rings is 3. The van der Waals surface area contributed by atoms with Crippen molar-refractivity contribution in [3.63, 3.8) is 0 Å². The number of rotatable bonds is 5. The van der Waals surface area contributed by atoms with Crippen molar-refractivity contribution in [1.29, 1.82) is 0 Å². The molecule has 0 saturated carbocycles. The molecule has 37 heavy (non-hydrogen) atoms. The zero-order valence-corrected chi connectivity index (χ0v) is 20.0. The number of hydrogen-bond acceptors (Lipinski definition) is 4. The van der Waals surface area contributed by atoms with Crippen LogP contribution >= 0.6 is 0 Å². The van der Waals surface area contributed by atoms with E-state index in [1.54, 1.807) is 12.1 Å². The van der Waals surface area contributed by atoms with E-state index >= 15 is 0 Å². The molecule has 0 amide bonds. The first-order valence-electron chi connectivity index (χ1n) is 12.1. The summed E-state index contributed by atoms with van der Waals surface area (Å²) in [5, 5.41) is 13.2. The molecule has 0 atom stereocenters. The third-order valence-corrected chi connectivity index (χ3v) is 6.83. The number of nitro benzene ring substituents is 1. The van der Waals surface area contributed by atoms with Crippen LogP contribution in [0.5, 0.6) is 0 Å². The predicted molar refractivity (Wildman–Crippen MR) is 146 cm³/mol. The fourth-order valence-corrected chi connectivity index (χ4v) is 5.01. The second-order valence-electron chi connectivity index (χ2n) is 9.32. The Morgan fingerprint density at radius 3 is 1.81 bits per heavy atom. The number of H-pyrrole nitrogens is 2. The summed E-state index contributed by atoms with van der Waals surface area (Å²) in [7, 11) is 0. The van der Waals surface area contributed by atoms with Crippen LogP contribution in [-0.2, 0) is 11.3 Å². The topological polar surface area (TPSA) is 95.0 Å². The zero-order chi connectivity index (χ0) is 25.4. The number of ketones is 1. The second-order valence-corrected chi connectivity index (χ2v) is 9.32. The minimum Gasteiger partial charge on any atom is -0.361 e. The molecule has 0 spiro atoms. The Labute approximate surface area is 212 Å². The number of aromatic nitrogens is 2. The van der Waals surface area contributed by atoms with Crippen LogP contribution in [0.2, 0.25) is 0 Å². The number of Topliss-reactive ketones (excluding diaryl/α,β-unsaturated/α-hetero) is 1. The molecule has 5 aromatic rings. The van der Waals surface area contributed by atoms with Crippen LogP contribution in [0.15, 0.2) is 96.3 Å². The van der Waals surface area contributed by atoms with Crippen LogP contribution in [0.1, 0.15) is 16.7 Å². The van der Waals surface area contributed by atoms with E-state index in [9.17, 15) is 14.9 Å². The summed E-state index contributed by atoms with van der Waals surface area (Å²) in [5.41, 5.74) is 6.44. The third-order valence-electron chi connectivity index (χ3n) is 6.83. The van der Waals surface area contributed by atoms with Crippen LogP contribution in [0, 0.1) is 10.1 Å². The summed E-state index contributed by atoms with van der Waals surface area (Å²) in [6.07, 6.45) is 7.82. The number of para-hydroxylation sites is 2. The van der Waals surface area contributed by atoms with Gasteiger partial charge in [-0.15, -0.1) is 0 Å². The number of fused-ring (bicyclic) bond motifs is 2. The molecule has 7 heteroatoms. The van der Waals surface area contributed by atoms with Crippen LogP contribution in [0.4, 0.5) is 5.69 Å². The summed E-state index contributed by atoms with van der Waals surface area (Å²) >= 11 is 0. The second kappa shape index (κ2) is 9.37. The minimum atomic E-state index is -0.395. The number of carbonyl (C=O) groups is 1. The van der Waals surface area contributed by atoms with Crippen molar-refractivity contribution >= 4 is 45.4 Å². The SMILES string of the molecule is O=C1/C(=C/c2c[nH]c3ccccc23)CN(Cc2ccc([N+](=O)[O-])cc2)C/C1=C\c1c[nH]c2ccccc12. The quantitative estimate of drug-likeness (QED) is 0.177. The molecule has 3 heterocycles. The molecule has 0 unspecified atom stereocenters. The summed E-state index contributed by atoms with van der Waals surface area (Å²) in [4.78, 5) is 33.1. The molecule has 1 aliphatic rings. The number of hydrogen-bond donors (Lipinski definition) is 2. The molecule has 6 rings (SSSR count). The maximum absolute atomic E-state index is 13.7. The van der Waals surface area contributed by atoms with Crippen LogP contribution in [0.25, 0.3) is 34.0 Å². The van der Waals surface area contributed by atoms with Gasteiger partial charge in [-0.25, -0.2) is 0 Å². The lowest BCUT2D eigenvalue weighted by Gasteiger charge is -2.30. The van der Waals surface area contributed by atoms with Crippen molar-refractivity contribution in [3.8, 4) is 0 Å². The van der Waals surface area contributed by atoms with Gasteiger partial charge in [0.15, 0.2) is 5.78 Å². The molecular formula is C30H24N4O3. The maximum atomic E-state index is 13.7. The summed E-state index contributed by atoms with van der Waals surface area (Å²) < 4.78 is 0. The smallest absolute Gasteiger partial charge is 0.269 e. The third kappa shape index (κ3) is 4.48. The van der Waals surface area contributed by atoms with Crippen molar-refractivity contribution in [2.75, 3.05) is 13.1 Å². The molecule has 1 saturated heterocycles. The standard InChI is InChI=1S/C30H24N4O3/c35-30-23(13-21-15-31-28-7-3-1-5-26(21)28)18-33(17-20-9-11-25(12-10-20)34(36)37)19-24(30)14-22-16-32-29-8-4-2-6-27(22)29/h1-16,31-32H,17-19H2/b23-13+,24-14+. The first kappa shape index (κ1) is 22.7. The van der Waals surface area contributed by atoms with E-state index in [1.807, 2.05) is 73.1 Å². The molecule has 7 nitrogen and oxygen atoms in total. The van der Waals surface area contributed by atoms with Crippen molar-refractivity contribution in [2.24, 2.45) is 0 Å². The van der Waals surface area contributed by atoms with Gasteiger partial charge >= 0.3 is 0 Å². The average Bonchev–Trinajstić information content (AvgIpc) is 3.51. The van der Waals surface area contributed by atoms with Gasteiger partial charge in [-0.2, -0.15) is 0 Å². The van der Waals surface area contributed by atoms with E-state index < -0.39 is 4.92 Å². The van der Waals surface area contributed by atoms with Gasteiger partial charge in [-0.05, 0) is 29.8 Å². The Morgan fingerprint density at radius 1 is 0.784 bits per heavy atom. The van der Waals surface area contributed by atoms with Gasteiger partial charge in [0.05, 0.1) is 4.92 Å². The summed E-state index contributed by atoms with van der Waals surface area (Å²) in [6, 6.07) is 22.7. The average molecular weight is 489 g/mol. The highest BCUT2D eigenvalue weighted by Gasteiger charge is 2.27. The minimum absolute atomic E-state index is 0.0375. The normalized spacial score (nSPS) is 16.8. The fraction of sp³-hybridized carbons (Fsp3) is 0.100. The Morgan fingerprint density at radius 2 is 1.30 bits per heavy atom. The summed E-state index contributed by atoms with van der Waals surface area (Å²) in [6.45, 7) is 1.54. The fourth-order valence-electron chi connectivity index (χ4n) is 5.01. The van der Waals surface area contributed by atoms with E-state index in [-0.39, 0.29) is 11.5 Å². The Hall–Kier alpha value is -4.75. The largest absolute Gasteiger partial charge is 0.361 e. The number of non-ortho nitro benzene ring substituents is 1. The first-order valence-corrected chi connectivity index (χ1v) is 12.1. The molecular weight excluding hydrogens is 464 g/mol. The van der Waals surface area contributed by atoms with Crippen LogP contribution in [-0.4, -0.2) is 38.7 Å². The van der Waals surface area contributed by atoms with E-state index in [0.717, 1.165) is 38.5 Å². The van der Waals surface area contributed by atoms with Crippen molar-refractivity contribution in [2.45, 2.75) is 6.54 Å². The maximum Gasteiger partial charge on any atom is 0.269 e. The molecule has 1 aliphatic heterocycles. The van der Waals surface area contributed by atoms with E-state index in [1.165, 1.54) is 12.1 Å². The van der Waals surface area contributed by atoms with Gasteiger partial charge in [0.1, 0.15) is 0 Å². The van der Waals surface area contributed by atoms with E-state index in [4.69, 9.17) is 0 Å². The number of likely N-dealkylation sites (tertiary alicyclic amines) is 1. The number of aromatic amines is 2. The lowest BCUT2D eigenvalue weighted by Crippen LogP contribution is -2.37. The number of carbonyl (C=O) groups excluding carboxylic acids is 1. The highest BCUT2D eigenvalue weighted by Crippen LogP contribution is 2.28. The lowest BCUT2D eigenvalue weighted by molar-refractivity contribution is -0.384. The van der Waals surface area contributed by atoms with E-state index in [2.05, 4.69) is 14.9 Å². The van der Waals surface area contributed by atoms with Gasteiger partial charge in [0, 0.05) is 88.2 Å². The van der Waals surface area contributed by atoms with Crippen LogP contribution in [0.3, 0.4) is 0 Å².